The van der Waals surface area contributed by atoms with E-state index in [1.165, 1.54) is 5.57 Å². The van der Waals surface area contributed by atoms with Crippen molar-refractivity contribution in [2.24, 2.45) is 5.92 Å². The van der Waals surface area contributed by atoms with Crippen LogP contribution >= 0.6 is 17.0 Å². The lowest BCUT2D eigenvalue weighted by Gasteiger charge is -2.37. The number of nitrogens with zero attached hydrogens (tertiary/aromatic N) is 1. The summed E-state index contributed by atoms with van der Waals surface area (Å²) in [6.07, 6.45) is 6.38. The van der Waals surface area contributed by atoms with Crippen molar-refractivity contribution in [1.82, 2.24) is 10.1 Å². The van der Waals surface area contributed by atoms with E-state index in [0.29, 0.717) is 11.5 Å². The summed E-state index contributed by atoms with van der Waals surface area (Å²) < 4.78 is 6.21. The van der Waals surface area contributed by atoms with E-state index in [4.69, 9.17) is 16.3 Å². The average Bonchev–Trinajstić information content (AvgIpc) is 2.76. The van der Waals surface area contributed by atoms with Gasteiger partial charge < -0.3 is 4.52 Å². The number of aromatic nitrogens is 1. The van der Waals surface area contributed by atoms with E-state index in [9.17, 15) is 4.79 Å². The number of carbonyl (C=O) groups is 1. The fourth-order valence-electron chi connectivity index (χ4n) is 3.15. The van der Waals surface area contributed by atoms with Gasteiger partial charge in [0.2, 0.25) is 5.62 Å². The molecule has 1 aromatic heterocycles. The van der Waals surface area contributed by atoms with Crippen LogP contribution in [0.25, 0.3) is 0 Å². The lowest BCUT2D eigenvalue weighted by atomic mass is 9.77. The van der Waals surface area contributed by atoms with Gasteiger partial charge in [-0.05, 0) is 63.0 Å². The van der Waals surface area contributed by atoms with E-state index in [0.717, 1.165) is 19.3 Å². The maximum atomic E-state index is 12.4. The molecule has 7 heteroatoms. The van der Waals surface area contributed by atoms with Gasteiger partial charge in [0.25, 0.3) is 5.91 Å². The van der Waals surface area contributed by atoms with Crippen LogP contribution in [0.1, 0.15) is 43.5 Å². The van der Waals surface area contributed by atoms with E-state index in [1.54, 1.807) is 35.9 Å². The number of hydrogen-bond donors (Lipinski definition) is 1. The molecule has 23 heavy (non-hydrogen) atoms. The van der Waals surface area contributed by atoms with Gasteiger partial charge in [-0.1, -0.05) is 23.5 Å². The summed E-state index contributed by atoms with van der Waals surface area (Å²) in [5.41, 5.74) is -0.703. The van der Waals surface area contributed by atoms with Gasteiger partial charge in [-0.2, -0.15) is 0 Å². The Balaban J connectivity index is 1.74. The van der Waals surface area contributed by atoms with Gasteiger partial charge in [0, 0.05) is 17.1 Å². The number of pyridine rings is 1. The van der Waals surface area contributed by atoms with Crippen molar-refractivity contribution in [3.8, 4) is 0 Å². The van der Waals surface area contributed by atoms with Crippen LogP contribution in [0.15, 0.2) is 36.7 Å². The minimum Gasteiger partial charge on any atom is -0.322 e. The molecule has 3 rings (SSSR count). The van der Waals surface area contributed by atoms with Crippen LogP contribution in [-0.2, 0) is 16.3 Å². The molecule has 0 radical (unpaired) electrons. The van der Waals surface area contributed by atoms with E-state index in [2.05, 4.69) is 30.5 Å². The topological polar surface area (TPSA) is 51.2 Å². The predicted octanol–water partition coefficient (Wildman–Crippen LogP) is 4.30. The first-order valence-electron chi connectivity index (χ1n) is 7.68. The zero-order chi connectivity index (χ0) is 16.7. The zero-order valence-electron chi connectivity index (χ0n) is 13.3. The number of rotatable bonds is 3. The number of hydrogen-bond acceptors (Lipinski definition) is 5. The van der Waals surface area contributed by atoms with Crippen LogP contribution in [0.2, 0.25) is 0 Å². The van der Waals surface area contributed by atoms with Crippen LogP contribution in [0.4, 0.5) is 0 Å². The minimum atomic E-state index is -2.43. The summed E-state index contributed by atoms with van der Waals surface area (Å²) in [5.74, 6) is 0.289. The summed E-state index contributed by atoms with van der Waals surface area (Å²) in [6, 6.07) is 3.47. The van der Waals surface area contributed by atoms with Gasteiger partial charge in [-0.25, -0.2) is 0 Å². The molecule has 1 aliphatic heterocycles. The monoisotopic (exact) mass is 368 g/mol. The quantitative estimate of drug-likeness (QED) is 0.637. The first-order valence-corrected chi connectivity index (χ1v) is 11.8. The standard InChI is InChI=1S/C16H21N2O2PS2/c1-11(2)12-6-7-16(3)14(9-12)20-21(22,23-16)18-15(19)13-5-4-8-17-10-13/h4-5,8,10,12,14H,1,6-7,9H2,2-3H3,(H,18,19,22)/t12-,14+,16+,21-/m0/s1. The normalized spacial score (nSPS) is 36.3. The predicted molar refractivity (Wildman–Crippen MR) is 99.0 cm³/mol. The van der Waals surface area contributed by atoms with Gasteiger partial charge in [-0.15, -0.1) is 0 Å². The molecule has 1 amide bonds. The van der Waals surface area contributed by atoms with Crippen LogP contribution in [0.3, 0.4) is 0 Å². The van der Waals surface area contributed by atoms with Crippen LogP contribution in [0.5, 0.6) is 0 Å². The van der Waals surface area contributed by atoms with Gasteiger partial charge >= 0.3 is 0 Å². The lowest BCUT2D eigenvalue weighted by Crippen LogP contribution is -2.39. The molecule has 0 spiro atoms. The number of fused-ring (bicyclic) bond motifs is 1. The third kappa shape index (κ3) is 3.55. The molecule has 1 N–H and O–H groups in total. The molecule has 1 saturated heterocycles. The Morgan fingerprint density at radius 1 is 1.65 bits per heavy atom. The number of allylic oxidation sites excluding steroid dienone is 1. The van der Waals surface area contributed by atoms with Crippen LogP contribution in [0, 0.1) is 5.92 Å². The van der Waals surface area contributed by atoms with Crippen molar-refractivity contribution in [1.29, 1.82) is 0 Å². The fraction of sp³-hybridized carbons (Fsp3) is 0.500. The van der Waals surface area contributed by atoms with Crippen LogP contribution < -0.4 is 5.09 Å². The first-order chi connectivity index (χ1) is 10.8. The van der Waals surface area contributed by atoms with Gasteiger partial charge in [0.15, 0.2) is 0 Å². The summed E-state index contributed by atoms with van der Waals surface area (Å²) in [4.78, 5) is 16.4. The van der Waals surface area contributed by atoms with Crippen LogP contribution in [-0.4, -0.2) is 21.7 Å². The molecule has 1 aliphatic carbocycles. The Hall–Kier alpha value is -0.680. The Morgan fingerprint density at radius 2 is 2.43 bits per heavy atom. The second kappa shape index (κ2) is 6.32. The molecule has 2 fully saturated rings. The molecule has 0 bridgehead atoms. The molecule has 2 heterocycles. The highest BCUT2D eigenvalue weighted by Gasteiger charge is 2.53. The van der Waals surface area contributed by atoms with Crippen molar-refractivity contribution < 1.29 is 9.32 Å². The second-order valence-corrected chi connectivity index (χ2v) is 13.4. The Labute approximate surface area is 146 Å². The molecule has 124 valence electrons. The van der Waals surface area contributed by atoms with E-state index in [1.807, 2.05) is 0 Å². The minimum absolute atomic E-state index is 0.0102. The van der Waals surface area contributed by atoms with E-state index in [-0.39, 0.29) is 16.8 Å². The van der Waals surface area contributed by atoms with E-state index < -0.39 is 5.62 Å². The molecule has 4 atom stereocenters. The highest BCUT2D eigenvalue weighted by atomic mass is 32.9. The molecular formula is C16H21N2O2PS2. The number of carbonyl (C=O) groups excluding carboxylic acids is 1. The Kier molecular flexibility index (Phi) is 4.71. The summed E-state index contributed by atoms with van der Waals surface area (Å²) in [7, 11) is 0. The van der Waals surface area contributed by atoms with Crippen molar-refractivity contribution in [2.45, 2.75) is 44.0 Å². The molecular weight excluding hydrogens is 347 g/mol. The SMILES string of the molecule is C=C(C)[C@H]1CC[C@@]2(C)S[P@@](=S)(NC(=O)c3cccnc3)O[C@@H]2C1. The second-order valence-electron chi connectivity index (χ2n) is 6.50. The Bertz CT molecular complexity index is 682. The maximum Gasteiger partial charge on any atom is 0.258 e. The van der Waals surface area contributed by atoms with E-state index >= 15 is 0 Å². The van der Waals surface area contributed by atoms with Gasteiger partial charge in [-0.3, -0.25) is 14.9 Å². The zero-order valence-corrected chi connectivity index (χ0v) is 15.8. The van der Waals surface area contributed by atoms with Crippen molar-refractivity contribution >= 4 is 34.7 Å². The summed E-state index contributed by atoms with van der Waals surface area (Å²) in [6.45, 7) is 8.37. The third-order valence-corrected chi connectivity index (χ3v) is 10.5. The molecule has 0 aromatic carbocycles. The molecule has 2 aliphatic rings. The van der Waals surface area contributed by atoms with Gasteiger partial charge in [0.05, 0.1) is 11.7 Å². The smallest absolute Gasteiger partial charge is 0.258 e. The maximum absolute atomic E-state index is 12.4. The highest BCUT2D eigenvalue weighted by molar-refractivity contribution is 8.69. The number of nitrogens with one attached hydrogen (secondary N) is 1. The lowest BCUT2D eigenvalue weighted by molar-refractivity contribution is 0.0965. The molecule has 4 nitrogen and oxygen atoms in total. The van der Waals surface area contributed by atoms with Crippen molar-refractivity contribution in [3.05, 3.63) is 42.2 Å². The fourth-order valence-corrected chi connectivity index (χ4v) is 10.6. The average molecular weight is 368 g/mol. The van der Waals surface area contributed by atoms with Crippen molar-refractivity contribution in [2.75, 3.05) is 0 Å². The molecule has 1 saturated carbocycles. The molecule has 0 unspecified atom stereocenters. The molecule has 1 aromatic rings. The van der Waals surface area contributed by atoms with Gasteiger partial charge in [0.1, 0.15) is 0 Å². The van der Waals surface area contributed by atoms with Crippen molar-refractivity contribution in [3.63, 3.8) is 0 Å². The first kappa shape index (κ1) is 17.2. The highest BCUT2D eigenvalue weighted by Crippen LogP contribution is 2.72. The summed E-state index contributed by atoms with van der Waals surface area (Å²) in [5, 5.41) is 2.96. The summed E-state index contributed by atoms with van der Waals surface area (Å²) >= 11 is 7.37. The largest absolute Gasteiger partial charge is 0.322 e. The third-order valence-electron chi connectivity index (χ3n) is 4.62. The number of amides is 1. The Morgan fingerprint density at radius 3 is 3.09 bits per heavy atom.